The van der Waals surface area contributed by atoms with E-state index in [9.17, 15) is 13.5 Å². The van der Waals surface area contributed by atoms with E-state index in [0.29, 0.717) is 25.9 Å². The van der Waals surface area contributed by atoms with Crippen molar-refractivity contribution in [1.29, 1.82) is 0 Å². The molecule has 1 atom stereocenters. The maximum absolute atomic E-state index is 12.4. The Labute approximate surface area is 126 Å². The molecule has 0 aliphatic heterocycles. The lowest BCUT2D eigenvalue weighted by Gasteiger charge is -2.38. The summed E-state index contributed by atoms with van der Waals surface area (Å²) >= 11 is 0. The highest BCUT2D eigenvalue weighted by molar-refractivity contribution is 7.87. The molecule has 1 aliphatic rings. The van der Waals surface area contributed by atoms with Gasteiger partial charge in [0.2, 0.25) is 0 Å². The Morgan fingerprint density at radius 2 is 2.10 bits per heavy atom. The number of aryl methyl sites for hydroxylation is 1. The molecule has 1 heterocycles. The second-order valence-electron chi connectivity index (χ2n) is 5.52. The third-order valence-corrected chi connectivity index (χ3v) is 5.77. The Kier molecular flexibility index (Phi) is 5.03. The van der Waals surface area contributed by atoms with E-state index in [1.165, 1.54) is 4.31 Å². The first kappa shape index (κ1) is 16.4. The zero-order valence-corrected chi connectivity index (χ0v) is 13.5. The van der Waals surface area contributed by atoms with Crippen molar-refractivity contribution in [1.82, 2.24) is 18.8 Å². The van der Waals surface area contributed by atoms with E-state index in [0.717, 1.165) is 5.56 Å². The Hall–Kier alpha value is -0.960. The molecular formula is C13H24N4O3S. The van der Waals surface area contributed by atoms with Gasteiger partial charge in [-0.1, -0.05) is 13.8 Å². The molecule has 2 N–H and O–H groups in total. The van der Waals surface area contributed by atoms with Crippen LogP contribution in [0.5, 0.6) is 0 Å². The molecule has 1 saturated carbocycles. The summed E-state index contributed by atoms with van der Waals surface area (Å²) in [6.45, 7) is 4.49. The molecule has 8 heteroatoms. The van der Waals surface area contributed by atoms with Crippen molar-refractivity contribution in [3.05, 3.63) is 18.0 Å². The lowest BCUT2D eigenvalue weighted by atomic mass is 9.76. The minimum atomic E-state index is -3.53. The number of aliphatic hydroxyl groups is 1. The van der Waals surface area contributed by atoms with Gasteiger partial charge >= 0.3 is 0 Å². The lowest BCUT2D eigenvalue weighted by molar-refractivity contribution is 0.0277. The largest absolute Gasteiger partial charge is 0.393 e. The summed E-state index contributed by atoms with van der Waals surface area (Å²) in [5.41, 5.74) is 0.838. The van der Waals surface area contributed by atoms with Gasteiger partial charge in [0, 0.05) is 31.9 Å². The van der Waals surface area contributed by atoms with Crippen molar-refractivity contribution in [2.75, 3.05) is 13.1 Å². The summed E-state index contributed by atoms with van der Waals surface area (Å²) in [4.78, 5) is 0. The van der Waals surface area contributed by atoms with Gasteiger partial charge in [-0.05, 0) is 18.8 Å². The van der Waals surface area contributed by atoms with Crippen LogP contribution in [-0.4, -0.2) is 46.8 Å². The molecule has 1 aromatic heterocycles. The van der Waals surface area contributed by atoms with Crippen LogP contribution in [-0.2, 0) is 17.3 Å². The number of aliphatic hydroxyl groups excluding tert-OH is 1. The number of nitrogens with zero attached hydrogens (tertiary/aromatic N) is 3. The molecule has 2 rings (SSSR count). The second kappa shape index (κ2) is 6.43. The summed E-state index contributed by atoms with van der Waals surface area (Å²) in [7, 11) is -1.73. The highest BCUT2D eigenvalue weighted by atomic mass is 32.2. The summed E-state index contributed by atoms with van der Waals surface area (Å²) < 4.78 is 30.7. The van der Waals surface area contributed by atoms with Gasteiger partial charge in [0.05, 0.1) is 18.3 Å². The quantitative estimate of drug-likeness (QED) is 0.762. The number of rotatable bonds is 7. The van der Waals surface area contributed by atoms with E-state index >= 15 is 0 Å². The van der Waals surface area contributed by atoms with Crippen LogP contribution in [0, 0.1) is 5.92 Å². The van der Waals surface area contributed by atoms with Gasteiger partial charge in [-0.2, -0.15) is 22.5 Å². The van der Waals surface area contributed by atoms with E-state index in [-0.39, 0.29) is 18.1 Å². The molecule has 1 aromatic rings. The number of hydrogen-bond acceptors (Lipinski definition) is 4. The van der Waals surface area contributed by atoms with Gasteiger partial charge in [0.25, 0.3) is 10.2 Å². The fourth-order valence-corrected chi connectivity index (χ4v) is 4.22. The lowest BCUT2D eigenvalue weighted by Crippen LogP contribution is -2.46. The van der Waals surface area contributed by atoms with Crippen LogP contribution >= 0.6 is 0 Å². The van der Waals surface area contributed by atoms with Crippen LogP contribution in [0.2, 0.25) is 0 Å². The van der Waals surface area contributed by atoms with Crippen molar-refractivity contribution in [2.24, 2.45) is 13.0 Å². The number of nitrogens with one attached hydrogen (secondary N) is 1. The second-order valence-corrected chi connectivity index (χ2v) is 7.22. The Balaban J connectivity index is 2.20. The van der Waals surface area contributed by atoms with Crippen LogP contribution in [0.1, 0.15) is 38.3 Å². The van der Waals surface area contributed by atoms with Gasteiger partial charge in [-0.25, -0.2) is 0 Å². The van der Waals surface area contributed by atoms with Crippen LogP contribution in [0.25, 0.3) is 0 Å². The first-order chi connectivity index (χ1) is 9.87. The highest BCUT2D eigenvalue weighted by Gasteiger charge is 2.38. The molecule has 120 valence electrons. The molecule has 0 spiro atoms. The highest BCUT2D eigenvalue weighted by Crippen LogP contribution is 2.38. The molecular weight excluding hydrogens is 292 g/mol. The van der Waals surface area contributed by atoms with Gasteiger partial charge in [-0.15, -0.1) is 0 Å². The predicted molar refractivity (Wildman–Crippen MR) is 79.7 cm³/mol. The van der Waals surface area contributed by atoms with E-state index in [1.54, 1.807) is 17.9 Å². The average Bonchev–Trinajstić information content (AvgIpc) is 2.80. The summed E-state index contributed by atoms with van der Waals surface area (Å²) in [6.07, 6.45) is 4.40. The molecule has 0 amide bonds. The van der Waals surface area contributed by atoms with Crippen LogP contribution in [0.3, 0.4) is 0 Å². The maximum Gasteiger partial charge on any atom is 0.279 e. The van der Waals surface area contributed by atoms with Crippen molar-refractivity contribution in [2.45, 2.75) is 38.8 Å². The van der Waals surface area contributed by atoms with Gasteiger partial charge < -0.3 is 5.11 Å². The van der Waals surface area contributed by atoms with Crippen molar-refractivity contribution in [3.63, 3.8) is 0 Å². The Morgan fingerprint density at radius 3 is 2.52 bits per heavy atom. The van der Waals surface area contributed by atoms with Crippen LogP contribution in [0.4, 0.5) is 0 Å². The minimum absolute atomic E-state index is 0.106. The Morgan fingerprint density at radius 1 is 1.48 bits per heavy atom. The standard InChI is InChI=1S/C13H24N4O3S/c1-4-17(5-2)21(19,20)15-13(10-6-12(18)7-10)11-8-14-16(3)9-11/h8-10,12-13,15,18H,4-7H2,1-3H3. The SMILES string of the molecule is CCN(CC)S(=O)(=O)NC(c1cnn(C)c1)C1CC(O)C1. The molecule has 0 aromatic carbocycles. The van der Waals surface area contributed by atoms with Crippen molar-refractivity contribution >= 4 is 10.2 Å². The molecule has 1 unspecified atom stereocenters. The minimum Gasteiger partial charge on any atom is -0.393 e. The van der Waals surface area contributed by atoms with E-state index in [1.807, 2.05) is 20.0 Å². The molecule has 0 radical (unpaired) electrons. The van der Waals surface area contributed by atoms with Gasteiger partial charge in [0.1, 0.15) is 0 Å². The fourth-order valence-electron chi connectivity index (χ4n) is 2.74. The molecule has 0 bridgehead atoms. The molecule has 1 fully saturated rings. The van der Waals surface area contributed by atoms with E-state index < -0.39 is 10.2 Å². The monoisotopic (exact) mass is 316 g/mol. The zero-order chi connectivity index (χ0) is 15.6. The van der Waals surface area contributed by atoms with Crippen molar-refractivity contribution in [3.8, 4) is 0 Å². The smallest absolute Gasteiger partial charge is 0.279 e. The molecule has 7 nitrogen and oxygen atoms in total. The number of hydrogen-bond donors (Lipinski definition) is 2. The van der Waals surface area contributed by atoms with Gasteiger partial charge in [-0.3, -0.25) is 4.68 Å². The summed E-state index contributed by atoms with van der Waals surface area (Å²) in [5.74, 6) is 0.106. The van der Waals surface area contributed by atoms with E-state index in [2.05, 4.69) is 9.82 Å². The fraction of sp³-hybridized carbons (Fsp3) is 0.769. The van der Waals surface area contributed by atoms with Crippen LogP contribution < -0.4 is 4.72 Å². The normalized spacial score (nSPS) is 24.0. The molecule has 1 aliphatic carbocycles. The van der Waals surface area contributed by atoms with E-state index in [4.69, 9.17) is 0 Å². The topological polar surface area (TPSA) is 87.5 Å². The summed E-state index contributed by atoms with van der Waals surface area (Å²) in [6, 6.07) is -0.340. The van der Waals surface area contributed by atoms with Gasteiger partial charge in [0.15, 0.2) is 0 Å². The maximum atomic E-state index is 12.4. The number of aromatic nitrogens is 2. The first-order valence-corrected chi connectivity index (χ1v) is 8.75. The van der Waals surface area contributed by atoms with Crippen molar-refractivity contribution < 1.29 is 13.5 Å². The zero-order valence-electron chi connectivity index (χ0n) is 12.7. The summed E-state index contributed by atoms with van der Waals surface area (Å²) in [5, 5.41) is 13.6. The Bertz CT molecular complexity index is 562. The molecule has 0 saturated heterocycles. The first-order valence-electron chi connectivity index (χ1n) is 7.31. The average molecular weight is 316 g/mol. The predicted octanol–water partition coefficient (Wildman–Crippen LogP) is 0.408. The molecule has 21 heavy (non-hydrogen) atoms. The van der Waals surface area contributed by atoms with Crippen LogP contribution in [0.15, 0.2) is 12.4 Å². The third kappa shape index (κ3) is 3.63. The third-order valence-electron chi connectivity index (χ3n) is 4.03.